The van der Waals surface area contributed by atoms with Gasteiger partial charge in [0.2, 0.25) is 0 Å². The quantitative estimate of drug-likeness (QED) is 0.762. The summed E-state index contributed by atoms with van der Waals surface area (Å²) < 4.78 is 23.6. The molecule has 0 bridgehead atoms. The highest BCUT2D eigenvalue weighted by Gasteiger charge is 2.11. The summed E-state index contributed by atoms with van der Waals surface area (Å²) in [5.74, 6) is -0.110. The summed E-state index contributed by atoms with van der Waals surface area (Å²) in [4.78, 5) is 11.9. The zero-order valence-electron chi connectivity index (χ0n) is 11.2. The third kappa shape index (κ3) is 4.03. The molecule has 0 aliphatic rings. The number of ketones is 1. The number of benzene rings is 1. The second-order valence-electron chi connectivity index (χ2n) is 4.64. The number of Topliss-reactive ketones (excluding diaryl/α,β-unsaturated/α-hetero) is 1. The number of rotatable bonds is 6. The van der Waals surface area contributed by atoms with Crippen molar-refractivity contribution >= 4 is 15.6 Å². The molecule has 0 radical (unpaired) electrons. The first-order valence-electron chi connectivity index (χ1n) is 6.28. The first-order valence-corrected chi connectivity index (χ1v) is 8.34. The Morgan fingerprint density at radius 2 is 1.90 bits per heavy atom. The largest absolute Gasteiger partial charge is 0.292 e. The Morgan fingerprint density at radius 3 is 2.55 bits per heavy atom. The van der Waals surface area contributed by atoms with Crippen LogP contribution in [0.5, 0.6) is 0 Å². The van der Waals surface area contributed by atoms with Gasteiger partial charge in [-0.2, -0.15) is 5.10 Å². The van der Waals surface area contributed by atoms with Gasteiger partial charge in [-0.25, -0.2) is 13.1 Å². The second kappa shape index (κ2) is 6.00. The summed E-state index contributed by atoms with van der Waals surface area (Å²) >= 11 is 0. The van der Waals surface area contributed by atoms with E-state index in [1.807, 2.05) is 30.3 Å². The third-order valence-electron chi connectivity index (χ3n) is 2.81. The van der Waals surface area contributed by atoms with Crippen molar-refractivity contribution in [3.05, 3.63) is 48.3 Å². The second-order valence-corrected chi connectivity index (χ2v) is 6.90. The first-order chi connectivity index (χ1) is 9.46. The molecule has 1 aromatic heterocycles. The summed E-state index contributed by atoms with van der Waals surface area (Å²) in [7, 11) is -3.02. The maximum Gasteiger partial charge on any atom is 0.183 e. The highest BCUT2D eigenvalue weighted by molar-refractivity contribution is 7.90. The van der Waals surface area contributed by atoms with Crippen molar-refractivity contribution in [1.82, 2.24) is 9.78 Å². The molecule has 0 N–H and O–H groups in total. The minimum absolute atomic E-state index is 0.0259. The van der Waals surface area contributed by atoms with Crippen LogP contribution in [0.25, 0.3) is 5.69 Å². The van der Waals surface area contributed by atoms with Crippen LogP contribution >= 0.6 is 0 Å². The molecule has 20 heavy (non-hydrogen) atoms. The Bertz CT molecular complexity index is 690. The van der Waals surface area contributed by atoms with Crippen molar-refractivity contribution in [2.24, 2.45) is 0 Å². The maximum atomic E-state index is 11.9. The van der Waals surface area contributed by atoms with E-state index >= 15 is 0 Å². The minimum Gasteiger partial charge on any atom is -0.292 e. The van der Waals surface area contributed by atoms with Crippen molar-refractivity contribution < 1.29 is 13.2 Å². The Balaban J connectivity index is 2.00. The molecule has 0 fully saturated rings. The molecule has 0 atom stereocenters. The van der Waals surface area contributed by atoms with Crippen molar-refractivity contribution in [1.29, 1.82) is 0 Å². The molecule has 0 amide bonds. The van der Waals surface area contributed by atoms with E-state index in [4.69, 9.17) is 0 Å². The monoisotopic (exact) mass is 292 g/mol. The fourth-order valence-electron chi connectivity index (χ4n) is 1.82. The topological polar surface area (TPSA) is 69.0 Å². The number of carbonyl (C=O) groups is 1. The van der Waals surface area contributed by atoms with Gasteiger partial charge >= 0.3 is 0 Å². The lowest BCUT2D eigenvalue weighted by Gasteiger charge is -2.00. The van der Waals surface area contributed by atoms with E-state index in [0.717, 1.165) is 5.69 Å². The van der Waals surface area contributed by atoms with Crippen LogP contribution in [0.15, 0.2) is 42.6 Å². The summed E-state index contributed by atoms with van der Waals surface area (Å²) in [6.07, 6.45) is 3.41. The number of sulfone groups is 1. The summed E-state index contributed by atoms with van der Waals surface area (Å²) in [5, 5.41) is 4.21. The molecule has 5 nitrogen and oxygen atoms in total. The Morgan fingerprint density at radius 1 is 1.20 bits per heavy atom. The number of nitrogens with zero attached hydrogens (tertiary/aromatic N) is 2. The molecular formula is C14H16N2O3S. The van der Waals surface area contributed by atoms with Crippen LogP contribution in [-0.2, 0) is 9.84 Å². The maximum absolute atomic E-state index is 11.9. The van der Waals surface area contributed by atoms with E-state index < -0.39 is 9.84 Å². The molecule has 1 heterocycles. The van der Waals surface area contributed by atoms with Crippen LogP contribution < -0.4 is 0 Å². The van der Waals surface area contributed by atoms with Gasteiger partial charge < -0.3 is 0 Å². The minimum atomic E-state index is -3.02. The number of aromatic nitrogens is 2. The molecule has 1 aromatic carbocycles. The lowest BCUT2D eigenvalue weighted by atomic mass is 10.2. The SMILES string of the molecule is CS(=O)(=O)CCCC(=O)c1ccn(-c2ccccc2)n1. The van der Waals surface area contributed by atoms with Gasteiger partial charge in [-0.1, -0.05) is 18.2 Å². The zero-order chi connectivity index (χ0) is 14.6. The Hall–Kier alpha value is -1.95. The average Bonchev–Trinajstić information content (AvgIpc) is 2.88. The highest BCUT2D eigenvalue weighted by Crippen LogP contribution is 2.09. The zero-order valence-corrected chi connectivity index (χ0v) is 12.0. The van der Waals surface area contributed by atoms with Crippen molar-refractivity contribution in [2.75, 3.05) is 12.0 Å². The van der Waals surface area contributed by atoms with Crippen LogP contribution in [0.1, 0.15) is 23.3 Å². The van der Waals surface area contributed by atoms with Crippen molar-refractivity contribution in [3.63, 3.8) is 0 Å². The predicted molar refractivity (Wildman–Crippen MR) is 76.8 cm³/mol. The lowest BCUT2D eigenvalue weighted by Crippen LogP contribution is -2.07. The molecule has 0 unspecified atom stereocenters. The smallest absolute Gasteiger partial charge is 0.183 e. The normalized spacial score (nSPS) is 11.4. The predicted octanol–water partition coefficient (Wildman–Crippen LogP) is 1.88. The van der Waals surface area contributed by atoms with E-state index in [9.17, 15) is 13.2 Å². The molecule has 0 saturated carbocycles. The number of para-hydroxylation sites is 1. The van der Waals surface area contributed by atoms with Gasteiger partial charge in [-0.3, -0.25) is 4.79 Å². The van der Waals surface area contributed by atoms with Crippen molar-refractivity contribution in [3.8, 4) is 5.69 Å². The van der Waals surface area contributed by atoms with Gasteiger partial charge in [-0.15, -0.1) is 0 Å². The molecule has 0 aliphatic heterocycles. The molecule has 2 rings (SSSR count). The van der Waals surface area contributed by atoms with E-state index in [2.05, 4.69) is 5.10 Å². The molecule has 106 valence electrons. The number of hydrogen-bond acceptors (Lipinski definition) is 4. The van der Waals surface area contributed by atoms with Crippen LogP contribution in [0.2, 0.25) is 0 Å². The average molecular weight is 292 g/mol. The van der Waals surface area contributed by atoms with Gasteiger partial charge in [-0.05, 0) is 24.6 Å². The van der Waals surface area contributed by atoms with Crippen LogP contribution in [0, 0.1) is 0 Å². The van der Waals surface area contributed by atoms with E-state index in [-0.39, 0.29) is 18.0 Å². The Kier molecular flexibility index (Phi) is 4.34. The molecular weight excluding hydrogens is 276 g/mol. The fourth-order valence-corrected chi connectivity index (χ4v) is 2.49. The van der Waals surface area contributed by atoms with E-state index in [1.165, 1.54) is 6.26 Å². The lowest BCUT2D eigenvalue weighted by molar-refractivity contribution is 0.0977. The molecule has 0 spiro atoms. The standard InChI is InChI=1S/C14H16N2O3S/c1-20(18,19)11-5-8-14(17)13-9-10-16(15-13)12-6-3-2-4-7-12/h2-4,6-7,9-10H,5,8,11H2,1H3. The molecule has 0 aliphatic carbocycles. The van der Waals surface area contributed by atoms with E-state index in [0.29, 0.717) is 12.1 Å². The third-order valence-corrected chi connectivity index (χ3v) is 3.84. The van der Waals surface area contributed by atoms with Gasteiger partial charge in [0.25, 0.3) is 0 Å². The molecule has 0 saturated heterocycles. The van der Waals surface area contributed by atoms with Gasteiger partial charge in [0.15, 0.2) is 5.78 Å². The summed E-state index contributed by atoms with van der Waals surface area (Å²) in [6.45, 7) is 0. The summed E-state index contributed by atoms with van der Waals surface area (Å²) in [5.41, 5.74) is 1.24. The molecule has 6 heteroatoms. The fraction of sp³-hybridized carbons (Fsp3) is 0.286. The van der Waals surface area contributed by atoms with Gasteiger partial charge in [0, 0.05) is 18.9 Å². The number of hydrogen-bond donors (Lipinski definition) is 0. The van der Waals surface area contributed by atoms with Gasteiger partial charge in [0.05, 0.1) is 11.4 Å². The Labute approximate surface area is 118 Å². The number of carbonyl (C=O) groups excluding carboxylic acids is 1. The summed E-state index contributed by atoms with van der Waals surface area (Å²) in [6, 6.07) is 11.1. The van der Waals surface area contributed by atoms with Crippen LogP contribution in [0.4, 0.5) is 0 Å². The van der Waals surface area contributed by atoms with Gasteiger partial charge in [0.1, 0.15) is 15.5 Å². The highest BCUT2D eigenvalue weighted by atomic mass is 32.2. The molecule has 2 aromatic rings. The van der Waals surface area contributed by atoms with Crippen LogP contribution in [0.3, 0.4) is 0 Å². The van der Waals surface area contributed by atoms with E-state index in [1.54, 1.807) is 16.9 Å². The van der Waals surface area contributed by atoms with Crippen LogP contribution in [-0.4, -0.2) is 36.0 Å². The van der Waals surface area contributed by atoms with Crippen molar-refractivity contribution in [2.45, 2.75) is 12.8 Å². The first kappa shape index (κ1) is 14.5.